The van der Waals surface area contributed by atoms with E-state index in [1.165, 1.54) is 28.9 Å². The van der Waals surface area contributed by atoms with Gasteiger partial charge in [-0.25, -0.2) is 9.07 Å². The summed E-state index contributed by atoms with van der Waals surface area (Å²) in [6.07, 6.45) is 0. The van der Waals surface area contributed by atoms with Crippen molar-refractivity contribution >= 4 is 0 Å². The highest BCUT2D eigenvalue weighted by Gasteiger charge is 2.14. The predicted molar refractivity (Wildman–Crippen MR) is 55.7 cm³/mol. The van der Waals surface area contributed by atoms with Crippen molar-refractivity contribution in [1.82, 2.24) is 15.0 Å². The van der Waals surface area contributed by atoms with Crippen molar-refractivity contribution in [2.45, 2.75) is 6.54 Å². The van der Waals surface area contributed by atoms with E-state index < -0.39 is 0 Å². The topological polar surface area (TPSA) is 78.3 Å². The van der Waals surface area contributed by atoms with Gasteiger partial charge in [-0.3, -0.25) is 0 Å². The van der Waals surface area contributed by atoms with Gasteiger partial charge in [0, 0.05) is 5.56 Å². The Morgan fingerprint density at radius 3 is 2.53 bits per heavy atom. The first-order valence-corrected chi connectivity index (χ1v) is 4.72. The Bertz CT molecular complexity index is 615. The lowest BCUT2D eigenvalue weighted by atomic mass is 10.1. The van der Waals surface area contributed by atoms with Gasteiger partial charge in [0.25, 0.3) is 0 Å². The van der Waals surface area contributed by atoms with E-state index in [9.17, 15) is 4.39 Å². The average Bonchev–Trinajstić information content (AvgIpc) is 2.74. The number of rotatable bonds is 2. The van der Waals surface area contributed by atoms with E-state index >= 15 is 0 Å². The SMILES string of the molecule is N#CCn1nnc(C#N)c1-c1ccc(F)cc1. The molecule has 17 heavy (non-hydrogen) atoms. The molecule has 6 heteroatoms. The first kappa shape index (κ1) is 10.8. The second kappa shape index (κ2) is 4.42. The molecule has 82 valence electrons. The van der Waals surface area contributed by atoms with E-state index in [4.69, 9.17) is 10.5 Å². The molecular formula is C11H6FN5. The maximum atomic E-state index is 12.8. The molecule has 0 saturated heterocycles. The number of aromatic nitrogens is 3. The molecule has 0 aliphatic rings. The summed E-state index contributed by atoms with van der Waals surface area (Å²) in [4.78, 5) is 0. The van der Waals surface area contributed by atoms with Crippen molar-refractivity contribution < 1.29 is 4.39 Å². The number of benzene rings is 1. The predicted octanol–water partition coefficient (Wildman–Crippen LogP) is 1.48. The van der Waals surface area contributed by atoms with Gasteiger partial charge in [-0.15, -0.1) is 5.10 Å². The monoisotopic (exact) mass is 227 g/mol. The Balaban J connectivity index is 2.57. The quantitative estimate of drug-likeness (QED) is 0.778. The van der Waals surface area contributed by atoms with Crippen LogP contribution in [0.15, 0.2) is 24.3 Å². The summed E-state index contributed by atoms with van der Waals surface area (Å²) in [6, 6.07) is 9.40. The van der Waals surface area contributed by atoms with Gasteiger partial charge in [-0.05, 0) is 24.3 Å². The third-order valence-electron chi connectivity index (χ3n) is 2.18. The number of nitrogens with zero attached hydrogens (tertiary/aromatic N) is 5. The Morgan fingerprint density at radius 1 is 1.24 bits per heavy atom. The zero-order valence-corrected chi connectivity index (χ0v) is 8.63. The van der Waals surface area contributed by atoms with Crippen LogP contribution in [0.5, 0.6) is 0 Å². The molecule has 2 rings (SSSR count). The van der Waals surface area contributed by atoms with E-state index in [-0.39, 0.29) is 18.1 Å². The van der Waals surface area contributed by atoms with Crippen LogP contribution in [0.1, 0.15) is 5.69 Å². The van der Waals surface area contributed by atoms with E-state index in [0.29, 0.717) is 11.3 Å². The van der Waals surface area contributed by atoms with E-state index in [1.54, 1.807) is 0 Å². The van der Waals surface area contributed by atoms with Crippen LogP contribution in [0.25, 0.3) is 11.3 Å². The molecule has 2 aromatic rings. The van der Waals surface area contributed by atoms with Gasteiger partial charge in [0.05, 0.1) is 6.07 Å². The standard InChI is InChI=1S/C11H6FN5/c12-9-3-1-8(2-4-9)11-10(7-14)15-16-17(11)6-5-13/h1-4H,6H2. The molecule has 0 aliphatic heterocycles. The normalized spacial score (nSPS) is 9.59. The van der Waals surface area contributed by atoms with Crippen LogP contribution in [-0.4, -0.2) is 15.0 Å². The Hall–Kier alpha value is -2.73. The second-order valence-electron chi connectivity index (χ2n) is 3.22. The molecule has 5 nitrogen and oxygen atoms in total. The molecule has 0 atom stereocenters. The van der Waals surface area contributed by atoms with E-state index in [0.717, 1.165) is 0 Å². The van der Waals surface area contributed by atoms with Crippen molar-refractivity contribution in [3.05, 3.63) is 35.8 Å². The Morgan fingerprint density at radius 2 is 1.94 bits per heavy atom. The zero-order chi connectivity index (χ0) is 12.3. The number of hydrogen-bond acceptors (Lipinski definition) is 4. The largest absolute Gasteiger partial charge is 0.229 e. The van der Waals surface area contributed by atoms with Crippen molar-refractivity contribution in [2.75, 3.05) is 0 Å². The highest BCUT2D eigenvalue weighted by molar-refractivity contribution is 5.64. The van der Waals surface area contributed by atoms with Crippen LogP contribution in [0.4, 0.5) is 4.39 Å². The minimum atomic E-state index is -0.369. The number of halogens is 1. The summed E-state index contributed by atoms with van der Waals surface area (Å²) in [5.74, 6) is -0.369. The zero-order valence-electron chi connectivity index (χ0n) is 8.63. The molecule has 1 heterocycles. The van der Waals surface area contributed by atoms with Crippen LogP contribution < -0.4 is 0 Å². The van der Waals surface area contributed by atoms with Crippen molar-refractivity contribution in [2.24, 2.45) is 0 Å². The van der Waals surface area contributed by atoms with Gasteiger partial charge in [-0.1, -0.05) is 5.21 Å². The summed E-state index contributed by atoms with van der Waals surface area (Å²) < 4.78 is 14.1. The lowest BCUT2D eigenvalue weighted by molar-refractivity contribution is 0.627. The van der Waals surface area contributed by atoms with Crippen molar-refractivity contribution in [3.63, 3.8) is 0 Å². The molecule has 0 aliphatic carbocycles. The maximum Gasteiger partial charge on any atom is 0.190 e. The molecule has 0 amide bonds. The lowest BCUT2D eigenvalue weighted by Crippen LogP contribution is -2.01. The summed E-state index contributed by atoms with van der Waals surface area (Å²) in [7, 11) is 0. The van der Waals surface area contributed by atoms with Gasteiger partial charge in [0.2, 0.25) is 0 Å². The first-order valence-electron chi connectivity index (χ1n) is 4.72. The Labute approximate surface area is 96.3 Å². The van der Waals surface area contributed by atoms with Crippen LogP contribution in [-0.2, 0) is 6.54 Å². The van der Waals surface area contributed by atoms with Gasteiger partial charge in [0.1, 0.15) is 24.1 Å². The molecule has 1 aromatic carbocycles. The third kappa shape index (κ3) is 1.97. The van der Waals surface area contributed by atoms with Crippen LogP contribution in [0.2, 0.25) is 0 Å². The van der Waals surface area contributed by atoms with Gasteiger partial charge in [-0.2, -0.15) is 10.5 Å². The molecule has 0 N–H and O–H groups in total. The minimum absolute atomic E-state index is 0.0125. The average molecular weight is 227 g/mol. The molecular weight excluding hydrogens is 221 g/mol. The van der Waals surface area contributed by atoms with Crippen LogP contribution in [0.3, 0.4) is 0 Å². The molecule has 0 unspecified atom stereocenters. The number of hydrogen-bond donors (Lipinski definition) is 0. The van der Waals surface area contributed by atoms with Gasteiger partial charge >= 0.3 is 0 Å². The third-order valence-corrected chi connectivity index (χ3v) is 2.18. The molecule has 1 aromatic heterocycles. The highest BCUT2D eigenvalue weighted by Crippen LogP contribution is 2.21. The van der Waals surface area contributed by atoms with Gasteiger partial charge in [0.15, 0.2) is 5.69 Å². The fourth-order valence-corrected chi connectivity index (χ4v) is 1.46. The highest BCUT2D eigenvalue weighted by atomic mass is 19.1. The van der Waals surface area contributed by atoms with Gasteiger partial charge < -0.3 is 0 Å². The van der Waals surface area contributed by atoms with E-state index in [2.05, 4.69) is 10.3 Å². The lowest BCUT2D eigenvalue weighted by Gasteiger charge is -2.02. The first-order chi connectivity index (χ1) is 8.26. The summed E-state index contributed by atoms with van der Waals surface area (Å²) >= 11 is 0. The maximum absolute atomic E-state index is 12.8. The van der Waals surface area contributed by atoms with Crippen LogP contribution >= 0.6 is 0 Å². The summed E-state index contributed by atoms with van der Waals surface area (Å²) in [5, 5.41) is 24.9. The summed E-state index contributed by atoms with van der Waals surface area (Å²) in [5.41, 5.74) is 1.14. The summed E-state index contributed by atoms with van der Waals surface area (Å²) in [6.45, 7) is -0.0125. The van der Waals surface area contributed by atoms with Crippen LogP contribution in [0, 0.1) is 28.5 Å². The fourth-order valence-electron chi connectivity index (χ4n) is 1.46. The molecule has 0 saturated carbocycles. The van der Waals surface area contributed by atoms with Crippen molar-refractivity contribution in [1.29, 1.82) is 10.5 Å². The molecule has 0 radical (unpaired) electrons. The second-order valence-corrected chi connectivity index (χ2v) is 3.22. The van der Waals surface area contributed by atoms with E-state index in [1.807, 2.05) is 12.1 Å². The minimum Gasteiger partial charge on any atom is -0.229 e. The molecule has 0 spiro atoms. The molecule has 0 bridgehead atoms. The molecule has 0 fully saturated rings. The van der Waals surface area contributed by atoms with Crippen molar-refractivity contribution in [3.8, 4) is 23.4 Å². The Kier molecular flexibility index (Phi) is 2.80. The smallest absolute Gasteiger partial charge is 0.190 e. The fraction of sp³-hybridized carbons (Fsp3) is 0.0909. The number of nitriles is 2.